The molecular formula is C22H21N5O2S. The van der Waals surface area contributed by atoms with E-state index in [0.717, 1.165) is 42.7 Å². The number of nitrogens with one attached hydrogen (secondary N) is 1. The SMILES string of the molecule is O=c1cc(CSc2nc(NC[C@@H]3CCCO3)c3ccccc3n2)nc2ccccn12. The van der Waals surface area contributed by atoms with Crippen molar-refractivity contribution in [3.63, 3.8) is 0 Å². The minimum absolute atomic E-state index is 0.0884. The van der Waals surface area contributed by atoms with Crippen LogP contribution in [0, 0.1) is 0 Å². The van der Waals surface area contributed by atoms with Crippen molar-refractivity contribution < 1.29 is 4.74 Å². The van der Waals surface area contributed by atoms with Crippen LogP contribution in [0.25, 0.3) is 16.6 Å². The summed E-state index contributed by atoms with van der Waals surface area (Å²) in [5.41, 5.74) is 2.15. The summed E-state index contributed by atoms with van der Waals surface area (Å²) in [6, 6.07) is 15.1. The number of aromatic nitrogens is 4. The van der Waals surface area contributed by atoms with Gasteiger partial charge in [-0.15, -0.1) is 0 Å². The van der Waals surface area contributed by atoms with E-state index in [4.69, 9.17) is 9.72 Å². The normalized spacial score (nSPS) is 16.3. The first kappa shape index (κ1) is 19.0. The molecule has 1 aliphatic heterocycles. The fourth-order valence-electron chi connectivity index (χ4n) is 3.59. The van der Waals surface area contributed by atoms with E-state index >= 15 is 0 Å². The molecule has 1 atom stereocenters. The minimum atomic E-state index is -0.0884. The molecule has 8 heteroatoms. The Morgan fingerprint density at radius 3 is 2.93 bits per heavy atom. The molecule has 0 bridgehead atoms. The van der Waals surface area contributed by atoms with E-state index in [-0.39, 0.29) is 11.7 Å². The molecule has 3 aromatic heterocycles. The molecule has 7 nitrogen and oxygen atoms in total. The fraction of sp³-hybridized carbons (Fsp3) is 0.273. The number of para-hydroxylation sites is 1. The van der Waals surface area contributed by atoms with Crippen LogP contribution in [0.1, 0.15) is 18.5 Å². The summed E-state index contributed by atoms with van der Waals surface area (Å²) in [6.45, 7) is 1.56. The Bertz CT molecular complexity index is 1250. The molecular weight excluding hydrogens is 398 g/mol. The Hall–Kier alpha value is -2.97. The number of ether oxygens (including phenoxy) is 1. The molecule has 0 amide bonds. The molecule has 152 valence electrons. The van der Waals surface area contributed by atoms with Gasteiger partial charge in [-0.1, -0.05) is 30.0 Å². The third-order valence-electron chi connectivity index (χ3n) is 5.08. The van der Waals surface area contributed by atoms with Gasteiger partial charge in [0.25, 0.3) is 5.56 Å². The molecule has 1 aromatic carbocycles. The third kappa shape index (κ3) is 4.01. The predicted molar refractivity (Wildman–Crippen MR) is 118 cm³/mol. The molecule has 1 N–H and O–H groups in total. The number of pyridine rings is 1. The highest BCUT2D eigenvalue weighted by Gasteiger charge is 2.16. The maximum absolute atomic E-state index is 12.3. The Morgan fingerprint density at radius 2 is 2.03 bits per heavy atom. The van der Waals surface area contributed by atoms with E-state index in [1.807, 2.05) is 42.5 Å². The second-order valence-corrected chi connectivity index (χ2v) is 8.13. The topological polar surface area (TPSA) is 81.4 Å². The van der Waals surface area contributed by atoms with E-state index in [9.17, 15) is 4.79 Å². The van der Waals surface area contributed by atoms with Gasteiger partial charge in [0, 0.05) is 36.6 Å². The Balaban J connectivity index is 1.39. The minimum Gasteiger partial charge on any atom is -0.376 e. The highest BCUT2D eigenvalue weighted by atomic mass is 32.2. The molecule has 1 saturated heterocycles. The summed E-state index contributed by atoms with van der Waals surface area (Å²) in [5.74, 6) is 1.33. The summed E-state index contributed by atoms with van der Waals surface area (Å²) in [4.78, 5) is 26.3. The fourth-order valence-corrected chi connectivity index (χ4v) is 4.33. The number of hydrogen-bond acceptors (Lipinski definition) is 7. The van der Waals surface area contributed by atoms with Crippen molar-refractivity contribution in [1.82, 2.24) is 19.4 Å². The van der Waals surface area contributed by atoms with Crippen LogP contribution < -0.4 is 10.9 Å². The van der Waals surface area contributed by atoms with Gasteiger partial charge in [0.1, 0.15) is 11.5 Å². The first-order valence-corrected chi connectivity index (χ1v) is 11.0. The van der Waals surface area contributed by atoms with E-state index in [2.05, 4.69) is 15.3 Å². The molecule has 4 aromatic rings. The zero-order chi connectivity index (χ0) is 20.3. The maximum atomic E-state index is 12.3. The molecule has 0 saturated carbocycles. The van der Waals surface area contributed by atoms with Crippen molar-refractivity contribution in [1.29, 1.82) is 0 Å². The van der Waals surface area contributed by atoms with Crippen LogP contribution in [0.15, 0.2) is 64.7 Å². The zero-order valence-corrected chi connectivity index (χ0v) is 17.1. The number of benzene rings is 1. The molecule has 1 fully saturated rings. The van der Waals surface area contributed by atoms with Crippen LogP contribution in [0.4, 0.5) is 5.82 Å². The van der Waals surface area contributed by atoms with Gasteiger partial charge in [0.15, 0.2) is 5.16 Å². The highest BCUT2D eigenvalue weighted by molar-refractivity contribution is 7.98. The van der Waals surface area contributed by atoms with Gasteiger partial charge >= 0.3 is 0 Å². The molecule has 30 heavy (non-hydrogen) atoms. The van der Waals surface area contributed by atoms with Crippen LogP contribution in [0.5, 0.6) is 0 Å². The average Bonchev–Trinajstić information content (AvgIpc) is 3.30. The number of anilines is 1. The van der Waals surface area contributed by atoms with Crippen molar-refractivity contribution in [2.45, 2.75) is 29.9 Å². The van der Waals surface area contributed by atoms with Crippen molar-refractivity contribution in [2.75, 3.05) is 18.5 Å². The van der Waals surface area contributed by atoms with Crippen LogP contribution in [-0.2, 0) is 10.5 Å². The quantitative estimate of drug-likeness (QED) is 0.378. The smallest absolute Gasteiger partial charge is 0.258 e. The van der Waals surface area contributed by atoms with Gasteiger partial charge in [0.05, 0.1) is 17.3 Å². The molecule has 5 rings (SSSR count). The summed E-state index contributed by atoms with van der Waals surface area (Å²) >= 11 is 1.47. The Kier molecular flexibility index (Phi) is 5.33. The lowest BCUT2D eigenvalue weighted by molar-refractivity contribution is 0.120. The van der Waals surface area contributed by atoms with Crippen molar-refractivity contribution in [2.24, 2.45) is 0 Å². The van der Waals surface area contributed by atoms with Gasteiger partial charge in [-0.25, -0.2) is 15.0 Å². The summed E-state index contributed by atoms with van der Waals surface area (Å²) in [5, 5.41) is 5.08. The maximum Gasteiger partial charge on any atom is 0.258 e. The molecule has 0 spiro atoms. The van der Waals surface area contributed by atoms with Crippen LogP contribution in [0.2, 0.25) is 0 Å². The summed E-state index contributed by atoms with van der Waals surface area (Å²) < 4.78 is 7.25. The number of rotatable bonds is 6. The number of fused-ring (bicyclic) bond motifs is 2. The lowest BCUT2D eigenvalue weighted by Gasteiger charge is -2.14. The van der Waals surface area contributed by atoms with E-state index in [1.165, 1.54) is 16.2 Å². The van der Waals surface area contributed by atoms with Gasteiger partial charge in [-0.2, -0.15) is 0 Å². The standard InChI is InChI=1S/C22H21N5O2S/c28-20-12-15(24-19-9-3-4-10-27(19)20)14-30-22-25-18-8-2-1-7-17(18)21(26-22)23-13-16-6-5-11-29-16/h1-4,7-10,12,16H,5-6,11,13-14H2,(H,23,25,26)/t16-/m0/s1. The number of hydrogen-bond donors (Lipinski definition) is 1. The van der Waals surface area contributed by atoms with E-state index in [0.29, 0.717) is 22.3 Å². The van der Waals surface area contributed by atoms with Crippen molar-refractivity contribution >= 4 is 34.1 Å². The molecule has 0 aliphatic carbocycles. The number of thioether (sulfide) groups is 1. The molecule has 0 radical (unpaired) electrons. The lowest BCUT2D eigenvalue weighted by atomic mass is 10.2. The molecule has 1 aliphatic rings. The average molecular weight is 420 g/mol. The predicted octanol–water partition coefficient (Wildman–Crippen LogP) is 3.52. The van der Waals surface area contributed by atoms with Gasteiger partial charge in [0.2, 0.25) is 0 Å². The summed E-state index contributed by atoms with van der Waals surface area (Å²) in [6.07, 6.45) is 4.13. The third-order valence-corrected chi connectivity index (χ3v) is 5.96. The largest absolute Gasteiger partial charge is 0.376 e. The van der Waals surface area contributed by atoms with Gasteiger partial charge in [-0.05, 0) is 37.1 Å². The van der Waals surface area contributed by atoms with E-state index in [1.54, 1.807) is 12.3 Å². The number of nitrogens with zero attached hydrogens (tertiary/aromatic N) is 4. The second kappa shape index (κ2) is 8.41. The van der Waals surface area contributed by atoms with Crippen molar-refractivity contribution in [3.05, 3.63) is 70.8 Å². The first-order chi connectivity index (χ1) is 14.8. The molecule has 0 unspecified atom stereocenters. The lowest BCUT2D eigenvalue weighted by Crippen LogP contribution is -2.19. The van der Waals surface area contributed by atoms with Crippen LogP contribution >= 0.6 is 11.8 Å². The Morgan fingerprint density at radius 1 is 1.13 bits per heavy atom. The van der Waals surface area contributed by atoms with Gasteiger partial charge < -0.3 is 10.1 Å². The van der Waals surface area contributed by atoms with Gasteiger partial charge in [-0.3, -0.25) is 9.20 Å². The second-order valence-electron chi connectivity index (χ2n) is 7.19. The first-order valence-electron chi connectivity index (χ1n) is 9.99. The van der Waals surface area contributed by atoms with Crippen molar-refractivity contribution in [3.8, 4) is 0 Å². The van der Waals surface area contributed by atoms with Crippen LogP contribution in [0.3, 0.4) is 0 Å². The highest BCUT2D eigenvalue weighted by Crippen LogP contribution is 2.26. The monoisotopic (exact) mass is 419 g/mol. The zero-order valence-electron chi connectivity index (χ0n) is 16.3. The molecule has 4 heterocycles. The van der Waals surface area contributed by atoms with E-state index < -0.39 is 0 Å². The Labute approximate surface area is 177 Å². The summed E-state index contributed by atoms with van der Waals surface area (Å²) in [7, 11) is 0. The van der Waals surface area contributed by atoms with Crippen LogP contribution in [-0.4, -0.2) is 38.6 Å².